The summed E-state index contributed by atoms with van der Waals surface area (Å²) in [5, 5.41) is 5.50. The molecular formula is C29H31N3O4. The van der Waals surface area contributed by atoms with Crippen molar-refractivity contribution in [2.24, 2.45) is 5.92 Å². The third-order valence-corrected chi connectivity index (χ3v) is 6.25. The highest BCUT2D eigenvalue weighted by Gasteiger charge is 2.49. The molecule has 0 unspecified atom stereocenters. The Morgan fingerprint density at radius 3 is 2.22 bits per heavy atom. The summed E-state index contributed by atoms with van der Waals surface area (Å²) >= 11 is 0. The standard InChI is InChI=1S/C29H31N3O4/c1-20(2)17-18-36-25-15-11-23(12-16-25)29(3)27(34)32(28(35)31-29)19-26(33)30-24-13-9-22(10-14-24)21-7-5-4-6-8-21/h4-16,20H,17-19H2,1-3H3,(H,30,33)(H,31,35)/t29-/m0/s1. The molecule has 0 saturated carbocycles. The van der Waals surface area contributed by atoms with Gasteiger partial charge in [0.2, 0.25) is 5.91 Å². The Morgan fingerprint density at radius 2 is 1.58 bits per heavy atom. The molecular weight excluding hydrogens is 454 g/mol. The van der Waals surface area contributed by atoms with Crippen LogP contribution in [0.4, 0.5) is 10.5 Å². The molecule has 186 valence electrons. The maximum Gasteiger partial charge on any atom is 0.325 e. The van der Waals surface area contributed by atoms with Gasteiger partial charge in [0.1, 0.15) is 17.8 Å². The number of amides is 4. The van der Waals surface area contributed by atoms with E-state index in [2.05, 4.69) is 24.5 Å². The van der Waals surface area contributed by atoms with E-state index in [4.69, 9.17) is 4.74 Å². The summed E-state index contributed by atoms with van der Waals surface area (Å²) in [5.74, 6) is 0.320. The van der Waals surface area contributed by atoms with Gasteiger partial charge in [0, 0.05) is 5.69 Å². The zero-order chi connectivity index (χ0) is 25.7. The van der Waals surface area contributed by atoms with Crippen LogP contribution in [-0.4, -0.2) is 35.9 Å². The average Bonchev–Trinajstić information content (AvgIpc) is 3.09. The number of rotatable bonds is 9. The summed E-state index contributed by atoms with van der Waals surface area (Å²) in [6.45, 7) is 6.14. The number of imide groups is 1. The number of urea groups is 1. The predicted molar refractivity (Wildman–Crippen MR) is 139 cm³/mol. The molecule has 0 aromatic heterocycles. The van der Waals surface area contributed by atoms with E-state index in [0.717, 1.165) is 22.4 Å². The second-order valence-corrected chi connectivity index (χ2v) is 9.49. The zero-order valence-corrected chi connectivity index (χ0v) is 20.8. The quantitative estimate of drug-likeness (QED) is 0.409. The summed E-state index contributed by atoms with van der Waals surface area (Å²) in [6, 6.07) is 23.8. The van der Waals surface area contributed by atoms with Crippen LogP contribution in [0.5, 0.6) is 5.75 Å². The van der Waals surface area contributed by atoms with Crippen LogP contribution in [0.2, 0.25) is 0 Å². The fraction of sp³-hybridized carbons (Fsp3) is 0.276. The third kappa shape index (κ3) is 5.57. The van der Waals surface area contributed by atoms with Crippen LogP contribution in [-0.2, 0) is 15.1 Å². The minimum absolute atomic E-state index is 0.378. The average molecular weight is 486 g/mol. The summed E-state index contributed by atoms with van der Waals surface area (Å²) in [7, 11) is 0. The second kappa shape index (κ2) is 10.6. The van der Waals surface area contributed by atoms with Crippen LogP contribution >= 0.6 is 0 Å². The number of hydrogen-bond donors (Lipinski definition) is 2. The number of carbonyl (C=O) groups is 3. The number of anilines is 1. The Kier molecular flexibility index (Phi) is 7.38. The fourth-order valence-electron chi connectivity index (χ4n) is 4.05. The molecule has 1 fully saturated rings. The van der Waals surface area contributed by atoms with Crippen LogP contribution in [0, 0.1) is 5.92 Å². The van der Waals surface area contributed by atoms with E-state index in [9.17, 15) is 14.4 Å². The van der Waals surface area contributed by atoms with Gasteiger partial charge >= 0.3 is 6.03 Å². The molecule has 3 aromatic rings. The summed E-state index contributed by atoms with van der Waals surface area (Å²) in [4.78, 5) is 39.4. The van der Waals surface area contributed by atoms with Crippen LogP contribution in [0.25, 0.3) is 11.1 Å². The number of nitrogens with one attached hydrogen (secondary N) is 2. The second-order valence-electron chi connectivity index (χ2n) is 9.49. The van der Waals surface area contributed by atoms with Gasteiger partial charge in [-0.1, -0.05) is 68.4 Å². The van der Waals surface area contributed by atoms with Crippen LogP contribution in [0.3, 0.4) is 0 Å². The van der Waals surface area contributed by atoms with Crippen LogP contribution < -0.4 is 15.4 Å². The molecule has 4 amide bonds. The molecule has 3 aromatic carbocycles. The first kappa shape index (κ1) is 25.0. The van der Waals surface area contributed by atoms with Gasteiger partial charge in [-0.2, -0.15) is 0 Å². The van der Waals surface area contributed by atoms with Crippen molar-refractivity contribution < 1.29 is 19.1 Å². The maximum atomic E-state index is 13.2. The molecule has 4 rings (SSSR count). The Hall–Kier alpha value is -4.13. The summed E-state index contributed by atoms with van der Waals surface area (Å²) < 4.78 is 5.74. The Morgan fingerprint density at radius 1 is 0.944 bits per heavy atom. The highest BCUT2D eigenvalue weighted by Crippen LogP contribution is 2.30. The van der Waals surface area contributed by atoms with E-state index < -0.39 is 23.4 Å². The summed E-state index contributed by atoms with van der Waals surface area (Å²) in [6.07, 6.45) is 0.947. The van der Waals surface area contributed by atoms with Crippen molar-refractivity contribution in [3.63, 3.8) is 0 Å². The van der Waals surface area contributed by atoms with Crippen molar-refractivity contribution in [2.75, 3.05) is 18.5 Å². The largest absolute Gasteiger partial charge is 0.494 e. The third-order valence-electron chi connectivity index (χ3n) is 6.25. The van der Waals surface area contributed by atoms with Crippen LogP contribution in [0.1, 0.15) is 32.8 Å². The summed E-state index contributed by atoms with van der Waals surface area (Å²) in [5.41, 5.74) is 2.04. The van der Waals surface area contributed by atoms with Crippen molar-refractivity contribution in [1.29, 1.82) is 0 Å². The molecule has 2 N–H and O–H groups in total. The molecule has 1 aliphatic rings. The molecule has 0 radical (unpaired) electrons. The molecule has 0 bridgehead atoms. The van der Waals surface area contributed by atoms with Crippen LogP contribution in [0.15, 0.2) is 78.9 Å². The van der Waals surface area contributed by atoms with E-state index in [-0.39, 0.29) is 6.54 Å². The minimum Gasteiger partial charge on any atom is -0.494 e. The lowest BCUT2D eigenvalue weighted by molar-refractivity contribution is -0.133. The molecule has 1 heterocycles. The monoisotopic (exact) mass is 485 g/mol. The van der Waals surface area contributed by atoms with E-state index >= 15 is 0 Å². The Balaban J connectivity index is 1.37. The highest BCUT2D eigenvalue weighted by atomic mass is 16.5. The Labute approximate surface area is 211 Å². The van der Waals surface area contributed by atoms with Gasteiger partial charge in [0.15, 0.2) is 0 Å². The molecule has 7 heteroatoms. The van der Waals surface area contributed by atoms with Gasteiger partial charge in [0.05, 0.1) is 6.61 Å². The number of nitrogens with zero attached hydrogens (tertiary/aromatic N) is 1. The SMILES string of the molecule is CC(C)CCOc1ccc([C@]2(C)NC(=O)N(CC(=O)Nc3ccc(-c4ccccc4)cc3)C2=O)cc1. The van der Waals surface area contributed by atoms with Crippen molar-refractivity contribution >= 4 is 23.5 Å². The molecule has 0 spiro atoms. The van der Waals surface area contributed by atoms with E-state index in [1.807, 2.05) is 42.5 Å². The van der Waals surface area contributed by atoms with E-state index in [1.165, 1.54) is 0 Å². The van der Waals surface area contributed by atoms with Crippen molar-refractivity contribution in [3.8, 4) is 16.9 Å². The minimum atomic E-state index is -1.26. The fourth-order valence-corrected chi connectivity index (χ4v) is 4.05. The molecule has 1 atom stereocenters. The van der Waals surface area contributed by atoms with Gasteiger partial charge in [-0.3, -0.25) is 14.5 Å². The van der Waals surface area contributed by atoms with Crippen molar-refractivity contribution in [3.05, 3.63) is 84.4 Å². The molecule has 1 saturated heterocycles. The molecule has 7 nitrogen and oxygen atoms in total. The van der Waals surface area contributed by atoms with Crippen molar-refractivity contribution in [2.45, 2.75) is 32.7 Å². The predicted octanol–water partition coefficient (Wildman–Crippen LogP) is 5.18. The first-order chi connectivity index (χ1) is 17.3. The first-order valence-electron chi connectivity index (χ1n) is 12.1. The lowest BCUT2D eigenvalue weighted by Gasteiger charge is -2.22. The number of hydrogen-bond acceptors (Lipinski definition) is 4. The normalized spacial score (nSPS) is 17.3. The van der Waals surface area contributed by atoms with Gasteiger partial charge in [-0.05, 0) is 60.2 Å². The number of benzene rings is 3. The van der Waals surface area contributed by atoms with E-state index in [0.29, 0.717) is 29.5 Å². The zero-order valence-electron chi connectivity index (χ0n) is 20.8. The molecule has 36 heavy (non-hydrogen) atoms. The van der Waals surface area contributed by atoms with Gasteiger partial charge in [-0.25, -0.2) is 4.79 Å². The van der Waals surface area contributed by atoms with Gasteiger partial charge in [0.25, 0.3) is 5.91 Å². The number of ether oxygens (including phenoxy) is 1. The number of carbonyl (C=O) groups excluding carboxylic acids is 3. The van der Waals surface area contributed by atoms with Gasteiger partial charge < -0.3 is 15.4 Å². The first-order valence-corrected chi connectivity index (χ1v) is 12.1. The smallest absolute Gasteiger partial charge is 0.325 e. The maximum absolute atomic E-state index is 13.2. The topological polar surface area (TPSA) is 87.7 Å². The molecule has 1 aliphatic heterocycles. The van der Waals surface area contributed by atoms with E-state index in [1.54, 1.807) is 43.3 Å². The van der Waals surface area contributed by atoms with Crippen molar-refractivity contribution in [1.82, 2.24) is 10.2 Å². The lowest BCUT2D eigenvalue weighted by atomic mass is 9.92. The lowest BCUT2D eigenvalue weighted by Crippen LogP contribution is -2.42. The van der Waals surface area contributed by atoms with Gasteiger partial charge in [-0.15, -0.1) is 0 Å². The highest BCUT2D eigenvalue weighted by molar-refractivity contribution is 6.10. The Bertz CT molecular complexity index is 1220. The molecule has 0 aliphatic carbocycles.